The van der Waals surface area contributed by atoms with Gasteiger partial charge in [0.25, 0.3) is 0 Å². The zero-order chi connectivity index (χ0) is 14.5. The Kier molecular flexibility index (Phi) is 4.96. The van der Waals surface area contributed by atoms with Gasteiger partial charge in [-0.15, -0.1) is 11.3 Å². The highest BCUT2D eigenvalue weighted by Crippen LogP contribution is 2.41. The van der Waals surface area contributed by atoms with E-state index in [9.17, 15) is 4.79 Å². The number of nitrogens with one attached hydrogen (secondary N) is 2. The molecule has 1 aliphatic heterocycles. The van der Waals surface area contributed by atoms with Crippen molar-refractivity contribution in [2.75, 3.05) is 19.6 Å². The molecule has 1 saturated carbocycles. The van der Waals surface area contributed by atoms with Crippen LogP contribution >= 0.6 is 11.3 Å². The number of rotatable bonds is 5. The van der Waals surface area contributed by atoms with Crippen molar-refractivity contribution in [1.82, 2.24) is 10.6 Å². The maximum Gasteiger partial charge on any atom is 0.231 e. The minimum absolute atomic E-state index is 0.236. The molecular formula is C17H26N2OS. The van der Waals surface area contributed by atoms with E-state index in [-0.39, 0.29) is 11.3 Å². The topological polar surface area (TPSA) is 41.1 Å². The largest absolute Gasteiger partial charge is 0.355 e. The Morgan fingerprint density at radius 1 is 1.38 bits per heavy atom. The third-order valence-corrected chi connectivity index (χ3v) is 6.21. The summed E-state index contributed by atoms with van der Waals surface area (Å²) in [7, 11) is 0. The van der Waals surface area contributed by atoms with Crippen molar-refractivity contribution in [2.45, 2.75) is 50.4 Å². The van der Waals surface area contributed by atoms with E-state index in [0.29, 0.717) is 0 Å². The Morgan fingerprint density at radius 3 is 2.90 bits per heavy atom. The van der Waals surface area contributed by atoms with Crippen LogP contribution in [0.4, 0.5) is 0 Å². The summed E-state index contributed by atoms with van der Waals surface area (Å²) in [5, 5.41) is 8.74. The average Bonchev–Trinajstić information content (AvgIpc) is 3.21. The lowest BCUT2D eigenvalue weighted by atomic mass is 9.72. The van der Waals surface area contributed by atoms with Crippen LogP contribution in [-0.4, -0.2) is 25.5 Å². The van der Waals surface area contributed by atoms with Gasteiger partial charge in [0, 0.05) is 11.4 Å². The second kappa shape index (κ2) is 6.93. The molecule has 1 amide bonds. The SMILES string of the molecule is O=C(NCCC1CCNC1)C1(c2cccs2)CCCCC1. The first-order chi connectivity index (χ1) is 10.3. The van der Waals surface area contributed by atoms with Gasteiger partial charge in [-0.25, -0.2) is 0 Å². The molecule has 1 aromatic heterocycles. The molecule has 2 fully saturated rings. The molecule has 1 unspecified atom stereocenters. The lowest BCUT2D eigenvalue weighted by molar-refractivity contribution is -0.128. The first kappa shape index (κ1) is 15.0. The first-order valence-electron chi connectivity index (χ1n) is 8.34. The number of thiophene rings is 1. The van der Waals surface area contributed by atoms with Gasteiger partial charge in [0.15, 0.2) is 0 Å². The van der Waals surface area contributed by atoms with Crippen molar-refractivity contribution < 1.29 is 4.79 Å². The lowest BCUT2D eigenvalue weighted by Crippen LogP contribution is -2.45. The number of hydrogen-bond donors (Lipinski definition) is 2. The van der Waals surface area contributed by atoms with Gasteiger partial charge in [-0.1, -0.05) is 25.3 Å². The van der Waals surface area contributed by atoms with Gasteiger partial charge in [-0.2, -0.15) is 0 Å². The monoisotopic (exact) mass is 306 g/mol. The molecule has 1 atom stereocenters. The molecule has 116 valence electrons. The fourth-order valence-electron chi connectivity index (χ4n) is 3.81. The maximum atomic E-state index is 12.9. The van der Waals surface area contributed by atoms with Crippen molar-refractivity contribution in [3.8, 4) is 0 Å². The summed E-state index contributed by atoms with van der Waals surface area (Å²) in [6.45, 7) is 3.09. The van der Waals surface area contributed by atoms with Crippen LogP contribution in [0.5, 0.6) is 0 Å². The second-order valence-electron chi connectivity index (χ2n) is 6.52. The van der Waals surface area contributed by atoms with Gasteiger partial charge in [0.1, 0.15) is 0 Å². The van der Waals surface area contributed by atoms with E-state index in [1.165, 1.54) is 30.6 Å². The first-order valence-corrected chi connectivity index (χ1v) is 9.22. The molecule has 1 saturated heterocycles. The molecule has 21 heavy (non-hydrogen) atoms. The Labute approximate surface area is 131 Å². The summed E-state index contributed by atoms with van der Waals surface area (Å²) in [6, 6.07) is 4.23. The molecular weight excluding hydrogens is 280 g/mol. The second-order valence-corrected chi connectivity index (χ2v) is 7.47. The Balaban J connectivity index is 1.61. The predicted molar refractivity (Wildman–Crippen MR) is 87.7 cm³/mol. The van der Waals surface area contributed by atoms with Crippen LogP contribution in [0.3, 0.4) is 0 Å². The van der Waals surface area contributed by atoms with Crippen LogP contribution in [0.25, 0.3) is 0 Å². The van der Waals surface area contributed by atoms with Crippen molar-refractivity contribution in [1.29, 1.82) is 0 Å². The van der Waals surface area contributed by atoms with Crippen LogP contribution in [0.15, 0.2) is 17.5 Å². The quantitative estimate of drug-likeness (QED) is 0.878. The summed E-state index contributed by atoms with van der Waals surface area (Å²) >= 11 is 1.74. The molecule has 0 bridgehead atoms. The summed E-state index contributed by atoms with van der Waals surface area (Å²) < 4.78 is 0. The van der Waals surface area contributed by atoms with Crippen LogP contribution < -0.4 is 10.6 Å². The molecule has 0 aromatic carbocycles. The van der Waals surface area contributed by atoms with Crippen molar-refractivity contribution in [3.63, 3.8) is 0 Å². The number of hydrogen-bond acceptors (Lipinski definition) is 3. The third kappa shape index (κ3) is 3.32. The van der Waals surface area contributed by atoms with E-state index >= 15 is 0 Å². The number of carbonyl (C=O) groups is 1. The van der Waals surface area contributed by atoms with E-state index in [4.69, 9.17) is 0 Å². The maximum absolute atomic E-state index is 12.9. The highest BCUT2D eigenvalue weighted by molar-refractivity contribution is 7.10. The molecule has 2 heterocycles. The van der Waals surface area contributed by atoms with Gasteiger partial charge in [-0.3, -0.25) is 4.79 Å². The Hall–Kier alpha value is -0.870. The molecule has 3 nitrogen and oxygen atoms in total. The Morgan fingerprint density at radius 2 is 2.24 bits per heavy atom. The average molecular weight is 306 g/mol. The molecule has 0 radical (unpaired) electrons. The molecule has 0 spiro atoms. The normalized spacial score (nSPS) is 24.9. The number of amides is 1. The minimum atomic E-state index is -0.236. The van der Waals surface area contributed by atoms with Crippen LogP contribution in [-0.2, 0) is 10.2 Å². The van der Waals surface area contributed by atoms with Crippen LogP contribution in [0, 0.1) is 5.92 Å². The van der Waals surface area contributed by atoms with Crippen molar-refractivity contribution in [2.24, 2.45) is 5.92 Å². The van der Waals surface area contributed by atoms with Gasteiger partial charge >= 0.3 is 0 Å². The Bertz CT molecular complexity index is 445. The highest BCUT2D eigenvalue weighted by atomic mass is 32.1. The standard InChI is InChI=1S/C17H26N2OS/c20-16(19-11-7-14-6-10-18-13-14)17(8-2-1-3-9-17)15-5-4-12-21-15/h4-5,12,14,18H,1-3,6-11,13H2,(H,19,20). The zero-order valence-electron chi connectivity index (χ0n) is 12.7. The molecule has 1 aromatic rings. The molecule has 1 aliphatic carbocycles. The zero-order valence-corrected chi connectivity index (χ0v) is 13.5. The van der Waals surface area contributed by atoms with E-state index < -0.39 is 0 Å². The molecule has 3 rings (SSSR count). The number of carbonyl (C=O) groups excluding carboxylic acids is 1. The van der Waals surface area contributed by atoms with E-state index in [2.05, 4.69) is 28.1 Å². The predicted octanol–water partition coefficient (Wildman–Crippen LogP) is 3.07. The van der Waals surface area contributed by atoms with Gasteiger partial charge in [0.2, 0.25) is 5.91 Å². The van der Waals surface area contributed by atoms with Crippen LogP contribution in [0.2, 0.25) is 0 Å². The van der Waals surface area contributed by atoms with Crippen LogP contribution in [0.1, 0.15) is 49.8 Å². The fourth-order valence-corrected chi connectivity index (χ4v) is 4.79. The molecule has 2 N–H and O–H groups in total. The minimum Gasteiger partial charge on any atom is -0.355 e. The van der Waals surface area contributed by atoms with Crippen molar-refractivity contribution >= 4 is 17.2 Å². The molecule has 2 aliphatic rings. The molecule has 4 heteroatoms. The van der Waals surface area contributed by atoms with Gasteiger partial charge < -0.3 is 10.6 Å². The summed E-state index contributed by atoms with van der Waals surface area (Å²) in [6.07, 6.45) is 8.03. The van der Waals surface area contributed by atoms with Crippen molar-refractivity contribution in [3.05, 3.63) is 22.4 Å². The van der Waals surface area contributed by atoms with E-state index in [1.54, 1.807) is 11.3 Å². The summed E-state index contributed by atoms with van der Waals surface area (Å²) in [4.78, 5) is 14.1. The summed E-state index contributed by atoms with van der Waals surface area (Å²) in [5.41, 5.74) is -0.236. The van der Waals surface area contributed by atoms with E-state index in [1.807, 2.05) is 0 Å². The fraction of sp³-hybridized carbons (Fsp3) is 0.706. The summed E-state index contributed by atoms with van der Waals surface area (Å²) in [5.74, 6) is 1.02. The lowest BCUT2D eigenvalue weighted by Gasteiger charge is -2.35. The highest BCUT2D eigenvalue weighted by Gasteiger charge is 2.41. The smallest absolute Gasteiger partial charge is 0.231 e. The van der Waals surface area contributed by atoms with Gasteiger partial charge in [0.05, 0.1) is 5.41 Å². The van der Waals surface area contributed by atoms with E-state index in [0.717, 1.165) is 44.8 Å². The van der Waals surface area contributed by atoms with Gasteiger partial charge in [-0.05, 0) is 56.1 Å². The third-order valence-electron chi connectivity index (χ3n) is 5.14.